The van der Waals surface area contributed by atoms with Crippen molar-refractivity contribution >= 4 is 17.2 Å². The van der Waals surface area contributed by atoms with Crippen LogP contribution in [-0.2, 0) is 0 Å². The lowest BCUT2D eigenvalue weighted by atomic mass is 10.2. The van der Waals surface area contributed by atoms with Crippen molar-refractivity contribution in [1.82, 2.24) is 0 Å². The van der Waals surface area contributed by atoms with Crippen LogP contribution in [0.25, 0.3) is 0 Å². The maximum atomic E-state index is 8.30. The molecule has 0 aliphatic carbocycles. The zero-order valence-corrected chi connectivity index (χ0v) is 10.5. The average Bonchev–Trinajstić information content (AvgIpc) is 2.11. The number of unbranched alkanes of at least 4 members (excludes halogenated alkanes) is 3. The van der Waals surface area contributed by atoms with Crippen LogP contribution < -0.4 is 0 Å². The first kappa shape index (κ1) is 21.8. The molecular formula is C6H20O8P2. The van der Waals surface area contributed by atoms with Crippen molar-refractivity contribution in [3.05, 3.63) is 0 Å². The molecule has 0 fully saturated rings. The van der Waals surface area contributed by atoms with Gasteiger partial charge in [0.05, 0.1) is 0 Å². The summed E-state index contributed by atoms with van der Waals surface area (Å²) in [6.07, 6.45) is 3.83. The average molecular weight is 282 g/mol. The molecule has 102 valence electrons. The molecule has 0 amide bonds. The highest BCUT2D eigenvalue weighted by Gasteiger charge is 1.84. The van der Waals surface area contributed by atoms with Gasteiger partial charge in [0, 0.05) is 13.2 Å². The first-order valence-corrected chi connectivity index (χ1v) is 6.73. The van der Waals surface area contributed by atoms with Gasteiger partial charge in [-0.25, -0.2) is 0 Å². The van der Waals surface area contributed by atoms with Crippen LogP contribution in [0.3, 0.4) is 0 Å². The summed E-state index contributed by atoms with van der Waals surface area (Å²) in [6.45, 7) is 0.566. The molecule has 0 heterocycles. The zero-order chi connectivity index (χ0) is 13.4. The van der Waals surface area contributed by atoms with Crippen molar-refractivity contribution in [2.24, 2.45) is 0 Å². The van der Waals surface area contributed by atoms with Gasteiger partial charge in [0.1, 0.15) is 0 Å². The molecule has 16 heavy (non-hydrogen) atoms. The SMILES string of the molecule is OCCCCCCO.OP(O)O.OP(O)O. The molecule has 0 aliphatic rings. The molecule has 8 N–H and O–H groups in total. The molecule has 8 nitrogen and oxygen atoms in total. The fourth-order valence-electron chi connectivity index (χ4n) is 0.577. The molecule has 0 aromatic carbocycles. The summed E-state index contributed by atoms with van der Waals surface area (Å²) in [5.74, 6) is 0. The topological polar surface area (TPSA) is 162 Å². The second-order valence-electron chi connectivity index (χ2n) is 2.40. The molecule has 0 unspecified atom stereocenters. The molecule has 0 radical (unpaired) electrons. The molecule has 0 saturated carbocycles. The van der Waals surface area contributed by atoms with E-state index in [1.165, 1.54) is 0 Å². The lowest BCUT2D eigenvalue weighted by molar-refractivity contribution is 0.265. The van der Waals surface area contributed by atoms with E-state index in [2.05, 4.69) is 0 Å². The molecular weight excluding hydrogens is 262 g/mol. The third-order valence-corrected chi connectivity index (χ3v) is 1.07. The Morgan fingerprint density at radius 2 is 0.688 bits per heavy atom. The quantitative estimate of drug-likeness (QED) is 0.233. The Balaban J connectivity index is -0.000000179. The van der Waals surface area contributed by atoms with Gasteiger partial charge in [-0.2, -0.15) is 0 Å². The first-order valence-electron chi connectivity index (χ1n) is 4.33. The minimum Gasteiger partial charge on any atom is -0.396 e. The van der Waals surface area contributed by atoms with Crippen molar-refractivity contribution < 1.29 is 39.6 Å². The molecule has 0 bridgehead atoms. The summed E-state index contributed by atoms with van der Waals surface area (Å²) >= 11 is 0. The Labute approximate surface area is 96.4 Å². The van der Waals surface area contributed by atoms with Crippen LogP contribution in [0.5, 0.6) is 0 Å². The predicted molar refractivity (Wildman–Crippen MR) is 59.8 cm³/mol. The molecule has 0 aliphatic heterocycles. The lowest BCUT2D eigenvalue weighted by Gasteiger charge is -1.93. The second kappa shape index (κ2) is 20.9. The first-order chi connectivity index (χ1) is 7.38. The highest BCUT2D eigenvalue weighted by atomic mass is 31.2. The molecule has 0 rings (SSSR count). The maximum absolute atomic E-state index is 8.30. The highest BCUT2D eigenvalue weighted by molar-refractivity contribution is 7.38. The van der Waals surface area contributed by atoms with Gasteiger partial charge in [-0.15, -0.1) is 0 Å². The molecule has 0 aromatic heterocycles. The minimum atomic E-state index is -2.62. The minimum absolute atomic E-state index is 0.283. The van der Waals surface area contributed by atoms with Gasteiger partial charge >= 0.3 is 17.2 Å². The standard InChI is InChI=1S/C6H14O2.2H3O3P/c7-5-3-1-2-4-6-8;2*1-4(2)3/h7-8H,1-6H2;2*1-3H. The van der Waals surface area contributed by atoms with Gasteiger partial charge in [0.2, 0.25) is 0 Å². The van der Waals surface area contributed by atoms with Crippen molar-refractivity contribution in [3.8, 4) is 0 Å². The molecule has 0 atom stereocenters. The molecule has 0 spiro atoms. The largest absolute Gasteiger partial charge is 0.396 e. The van der Waals surface area contributed by atoms with Crippen LogP contribution in [0, 0.1) is 0 Å². The van der Waals surface area contributed by atoms with Gasteiger partial charge in [-0.1, -0.05) is 12.8 Å². The summed E-state index contributed by atoms with van der Waals surface area (Å²) in [7, 11) is -5.24. The van der Waals surface area contributed by atoms with Crippen LogP contribution in [0.2, 0.25) is 0 Å². The number of aliphatic hydroxyl groups is 2. The van der Waals surface area contributed by atoms with Crippen molar-refractivity contribution in [1.29, 1.82) is 0 Å². The highest BCUT2D eigenvalue weighted by Crippen LogP contribution is 2.12. The van der Waals surface area contributed by atoms with Crippen LogP contribution >= 0.6 is 17.2 Å². The van der Waals surface area contributed by atoms with E-state index >= 15 is 0 Å². The Morgan fingerprint density at radius 1 is 0.500 bits per heavy atom. The van der Waals surface area contributed by atoms with Gasteiger partial charge in [0.15, 0.2) is 0 Å². The lowest BCUT2D eigenvalue weighted by Crippen LogP contribution is -1.85. The van der Waals surface area contributed by atoms with Crippen LogP contribution in [0.1, 0.15) is 25.7 Å². The van der Waals surface area contributed by atoms with E-state index in [0.29, 0.717) is 0 Å². The summed E-state index contributed by atoms with van der Waals surface area (Å²) in [5.41, 5.74) is 0. The van der Waals surface area contributed by atoms with Crippen molar-refractivity contribution in [3.63, 3.8) is 0 Å². The van der Waals surface area contributed by atoms with E-state index < -0.39 is 17.2 Å². The van der Waals surface area contributed by atoms with Gasteiger partial charge in [0.25, 0.3) is 0 Å². The van der Waals surface area contributed by atoms with Crippen molar-refractivity contribution in [2.45, 2.75) is 25.7 Å². The Morgan fingerprint density at radius 3 is 0.812 bits per heavy atom. The normalized spacial score (nSPS) is 9.38. The smallest absolute Gasteiger partial charge is 0.324 e. The summed E-state index contributed by atoms with van der Waals surface area (Å²) in [4.78, 5) is 43.4. The molecule has 0 saturated heterocycles. The van der Waals surface area contributed by atoms with E-state index in [-0.39, 0.29) is 13.2 Å². The number of rotatable bonds is 5. The van der Waals surface area contributed by atoms with E-state index in [4.69, 9.17) is 39.6 Å². The Kier molecular flexibility index (Phi) is 28.4. The van der Waals surface area contributed by atoms with Crippen LogP contribution in [0.15, 0.2) is 0 Å². The van der Waals surface area contributed by atoms with Gasteiger partial charge in [-0.05, 0) is 12.8 Å². The third kappa shape index (κ3) is 86.9. The third-order valence-electron chi connectivity index (χ3n) is 1.07. The molecule has 0 aromatic rings. The van der Waals surface area contributed by atoms with E-state index in [1.807, 2.05) is 0 Å². The fourth-order valence-corrected chi connectivity index (χ4v) is 0.577. The summed E-state index contributed by atoms with van der Waals surface area (Å²) < 4.78 is 0. The number of hydrogen-bond acceptors (Lipinski definition) is 8. The Bertz CT molecular complexity index is 87.0. The predicted octanol–water partition coefficient (Wildman–Crippen LogP) is -1.09. The summed E-state index contributed by atoms with van der Waals surface area (Å²) in [5, 5.41) is 16.6. The van der Waals surface area contributed by atoms with E-state index in [9.17, 15) is 0 Å². The van der Waals surface area contributed by atoms with E-state index in [0.717, 1.165) is 25.7 Å². The van der Waals surface area contributed by atoms with Crippen LogP contribution in [-0.4, -0.2) is 52.8 Å². The zero-order valence-electron chi connectivity index (χ0n) is 8.71. The van der Waals surface area contributed by atoms with Gasteiger partial charge in [-0.3, -0.25) is 0 Å². The Hall–Kier alpha value is 0.540. The molecule has 10 heteroatoms. The van der Waals surface area contributed by atoms with Crippen LogP contribution in [0.4, 0.5) is 0 Å². The second-order valence-corrected chi connectivity index (χ2v) is 3.47. The summed E-state index contributed by atoms with van der Waals surface area (Å²) in [6, 6.07) is 0. The van der Waals surface area contributed by atoms with E-state index in [1.54, 1.807) is 0 Å². The van der Waals surface area contributed by atoms with Crippen molar-refractivity contribution in [2.75, 3.05) is 13.2 Å². The fraction of sp³-hybridized carbons (Fsp3) is 1.00. The number of aliphatic hydroxyl groups excluding tert-OH is 2. The van der Waals surface area contributed by atoms with Gasteiger partial charge < -0.3 is 39.6 Å². The number of hydrogen-bond donors (Lipinski definition) is 8. The monoisotopic (exact) mass is 282 g/mol. The maximum Gasteiger partial charge on any atom is 0.324 e.